The third-order valence-electron chi connectivity index (χ3n) is 7.37. The number of nitrogens with zero attached hydrogens (tertiary/aromatic N) is 4. The number of rotatable bonds is 9. The van der Waals surface area contributed by atoms with Gasteiger partial charge in [0.1, 0.15) is 11.5 Å². The van der Waals surface area contributed by atoms with Gasteiger partial charge in [-0.1, -0.05) is 60.7 Å². The number of benzene rings is 4. The molecule has 12 nitrogen and oxygen atoms in total. The Bertz CT molecular complexity index is 1730. The van der Waals surface area contributed by atoms with Crippen molar-refractivity contribution in [3.05, 3.63) is 130 Å². The van der Waals surface area contributed by atoms with Crippen molar-refractivity contribution < 1.29 is 33.5 Å². The molecule has 5 rings (SSSR count). The number of carbonyl (C=O) groups is 1. The zero-order valence-corrected chi connectivity index (χ0v) is 24.2. The Labute approximate surface area is 253 Å². The Kier molecular flexibility index (Phi) is 8.81. The fraction of sp³-hybridized carbons (Fsp3) is 0.194. The van der Waals surface area contributed by atoms with E-state index in [0.29, 0.717) is 11.1 Å². The number of aromatic hydroxyl groups is 2. The van der Waals surface area contributed by atoms with Gasteiger partial charge in [-0.2, -0.15) is 0 Å². The van der Waals surface area contributed by atoms with E-state index in [1.807, 2.05) is 30.3 Å². The van der Waals surface area contributed by atoms with Crippen LogP contribution in [0.15, 0.2) is 108 Å². The highest BCUT2D eigenvalue weighted by molar-refractivity contribution is 7.89. The van der Waals surface area contributed by atoms with E-state index in [4.69, 9.17) is 0 Å². The van der Waals surface area contributed by atoms with Crippen LogP contribution in [0.2, 0.25) is 0 Å². The number of hydrazine groups is 1. The standard InChI is InChI=1S/C31H30N4O8S/c36-26-13-9-23(10-14-26)19-32-29(17-22-5-2-1-3-6-22)30(38)21-34(33(31(32)39)20-24-11-15-27(37)16-12-24)44(42,43)28-8-4-7-25(18-28)35(40)41/h1-16,18,29-30,36-38H,17,19-21H2/t29-,30-/m1/s1. The van der Waals surface area contributed by atoms with E-state index >= 15 is 0 Å². The van der Waals surface area contributed by atoms with E-state index in [2.05, 4.69) is 0 Å². The number of nitro benzene ring substituents is 1. The number of phenols is 2. The van der Waals surface area contributed by atoms with Crippen LogP contribution in [0, 0.1) is 10.1 Å². The number of hydrogen-bond donors (Lipinski definition) is 3. The second-order valence-electron chi connectivity index (χ2n) is 10.4. The molecule has 13 heteroatoms. The maximum absolute atomic E-state index is 14.5. The molecule has 1 heterocycles. The van der Waals surface area contributed by atoms with Crippen molar-refractivity contribution >= 4 is 21.7 Å². The first-order valence-electron chi connectivity index (χ1n) is 13.7. The number of β-amino-alcohol motifs (C(OH)–C–C–N with tert-alkyl or cyclic N) is 1. The maximum Gasteiger partial charge on any atom is 0.336 e. The number of carbonyl (C=O) groups excluding carboxylic acids is 1. The van der Waals surface area contributed by atoms with Crippen molar-refractivity contribution in [2.45, 2.75) is 36.6 Å². The van der Waals surface area contributed by atoms with E-state index in [9.17, 15) is 38.6 Å². The third kappa shape index (κ3) is 6.64. The summed E-state index contributed by atoms with van der Waals surface area (Å²) in [5.74, 6) is 0.00399. The predicted octanol–water partition coefficient (Wildman–Crippen LogP) is 4.02. The summed E-state index contributed by atoms with van der Waals surface area (Å²) in [6, 6.07) is 24.1. The minimum absolute atomic E-state index is 0.0234. The number of amides is 2. The van der Waals surface area contributed by atoms with Crippen LogP contribution in [0.25, 0.3) is 0 Å². The van der Waals surface area contributed by atoms with Crippen LogP contribution in [0.1, 0.15) is 16.7 Å². The Balaban J connectivity index is 1.63. The Morgan fingerprint density at radius 1 is 0.795 bits per heavy atom. The molecular weight excluding hydrogens is 588 g/mol. The molecule has 1 aliphatic heterocycles. The zero-order chi connectivity index (χ0) is 31.4. The molecule has 0 aliphatic carbocycles. The normalized spacial score (nSPS) is 17.8. The molecule has 0 radical (unpaired) electrons. The predicted molar refractivity (Wildman–Crippen MR) is 160 cm³/mol. The molecule has 1 aliphatic rings. The number of hydrogen-bond acceptors (Lipinski definition) is 8. The lowest BCUT2D eigenvalue weighted by molar-refractivity contribution is -0.385. The van der Waals surface area contributed by atoms with Crippen molar-refractivity contribution in [1.82, 2.24) is 14.3 Å². The molecule has 3 N–H and O–H groups in total. The van der Waals surface area contributed by atoms with Crippen LogP contribution in [0.4, 0.5) is 10.5 Å². The van der Waals surface area contributed by atoms with Gasteiger partial charge in [-0.3, -0.25) is 10.1 Å². The quantitative estimate of drug-likeness (QED) is 0.187. The first kappa shape index (κ1) is 30.5. The number of non-ortho nitro benzene ring substituents is 1. The Morgan fingerprint density at radius 3 is 1.98 bits per heavy atom. The molecule has 2 amide bonds. The van der Waals surface area contributed by atoms with Crippen LogP contribution in [-0.2, 0) is 29.5 Å². The summed E-state index contributed by atoms with van der Waals surface area (Å²) in [6.45, 7) is -0.813. The van der Waals surface area contributed by atoms with Crippen molar-refractivity contribution in [2.24, 2.45) is 0 Å². The summed E-state index contributed by atoms with van der Waals surface area (Å²) >= 11 is 0. The molecule has 44 heavy (non-hydrogen) atoms. The van der Waals surface area contributed by atoms with Crippen molar-refractivity contribution in [3.63, 3.8) is 0 Å². The van der Waals surface area contributed by atoms with Gasteiger partial charge in [0.05, 0.1) is 35.1 Å². The molecule has 0 bridgehead atoms. The number of aliphatic hydroxyl groups is 1. The third-order valence-corrected chi connectivity index (χ3v) is 9.12. The van der Waals surface area contributed by atoms with Gasteiger partial charge in [-0.15, -0.1) is 4.41 Å². The van der Waals surface area contributed by atoms with Crippen molar-refractivity contribution in [1.29, 1.82) is 0 Å². The Morgan fingerprint density at radius 2 is 1.39 bits per heavy atom. The fourth-order valence-corrected chi connectivity index (χ4v) is 6.59. The summed E-state index contributed by atoms with van der Waals surface area (Å²) in [5.41, 5.74) is 1.46. The monoisotopic (exact) mass is 618 g/mol. The molecule has 0 saturated carbocycles. The van der Waals surface area contributed by atoms with Crippen LogP contribution in [0.3, 0.4) is 0 Å². The second-order valence-corrected chi connectivity index (χ2v) is 12.2. The first-order valence-corrected chi connectivity index (χ1v) is 15.1. The lowest BCUT2D eigenvalue weighted by Crippen LogP contribution is -2.52. The highest BCUT2D eigenvalue weighted by Crippen LogP contribution is 2.30. The van der Waals surface area contributed by atoms with Crippen LogP contribution >= 0.6 is 0 Å². The van der Waals surface area contributed by atoms with Gasteiger partial charge in [0, 0.05) is 18.7 Å². The highest BCUT2D eigenvalue weighted by Gasteiger charge is 2.45. The molecule has 0 aromatic heterocycles. The number of nitro groups is 1. The number of urea groups is 1. The Hall–Kier alpha value is -4.98. The average molecular weight is 619 g/mol. The molecule has 0 unspecified atom stereocenters. The molecule has 1 saturated heterocycles. The first-order chi connectivity index (χ1) is 21.0. The molecule has 2 atom stereocenters. The number of aliphatic hydroxyl groups excluding tert-OH is 1. The van der Waals surface area contributed by atoms with Crippen LogP contribution in [0.5, 0.6) is 11.5 Å². The zero-order valence-electron chi connectivity index (χ0n) is 23.4. The van der Waals surface area contributed by atoms with Gasteiger partial charge in [-0.25, -0.2) is 18.2 Å². The summed E-state index contributed by atoms with van der Waals surface area (Å²) in [6.07, 6.45) is -1.18. The molecule has 228 valence electrons. The molecule has 1 fully saturated rings. The highest BCUT2D eigenvalue weighted by atomic mass is 32.2. The van der Waals surface area contributed by atoms with Gasteiger partial charge < -0.3 is 20.2 Å². The smallest absolute Gasteiger partial charge is 0.336 e. The van der Waals surface area contributed by atoms with Crippen molar-refractivity contribution in [3.8, 4) is 11.5 Å². The van der Waals surface area contributed by atoms with Crippen molar-refractivity contribution in [2.75, 3.05) is 6.54 Å². The summed E-state index contributed by atoms with van der Waals surface area (Å²) < 4.78 is 29.0. The van der Waals surface area contributed by atoms with E-state index in [-0.39, 0.29) is 31.0 Å². The van der Waals surface area contributed by atoms with Crippen LogP contribution < -0.4 is 0 Å². The van der Waals surface area contributed by atoms with E-state index in [1.165, 1.54) is 53.4 Å². The van der Waals surface area contributed by atoms with Crippen LogP contribution in [-0.4, -0.2) is 67.7 Å². The summed E-state index contributed by atoms with van der Waals surface area (Å²) in [4.78, 5) is 26.2. The molecule has 4 aromatic rings. The van der Waals surface area contributed by atoms with E-state index in [1.54, 1.807) is 12.1 Å². The minimum Gasteiger partial charge on any atom is -0.508 e. The number of sulfonamides is 1. The van der Waals surface area contributed by atoms with Gasteiger partial charge in [0.2, 0.25) is 0 Å². The summed E-state index contributed by atoms with van der Waals surface area (Å²) in [5, 5.41) is 43.7. The SMILES string of the molecule is O=C1N(Cc2ccc(O)cc2)[C@H](Cc2ccccc2)[C@H](O)CN(S(=O)(=O)c2cccc([N+](=O)[O-])c2)N1Cc1ccc(O)cc1. The lowest BCUT2D eigenvalue weighted by atomic mass is 9.99. The maximum atomic E-state index is 14.5. The molecular formula is C31H30N4O8S. The average Bonchev–Trinajstić information content (AvgIpc) is 3.11. The largest absolute Gasteiger partial charge is 0.508 e. The van der Waals surface area contributed by atoms with E-state index in [0.717, 1.165) is 27.1 Å². The number of phenolic OH excluding ortho intramolecular Hbond substituents is 2. The fourth-order valence-electron chi connectivity index (χ4n) is 5.09. The van der Waals surface area contributed by atoms with Gasteiger partial charge >= 0.3 is 6.03 Å². The van der Waals surface area contributed by atoms with Gasteiger partial charge in [-0.05, 0) is 53.4 Å². The minimum atomic E-state index is -4.62. The molecule has 0 spiro atoms. The second kappa shape index (κ2) is 12.7. The molecule has 4 aromatic carbocycles. The van der Waals surface area contributed by atoms with Gasteiger partial charge in [0.25, 0.3) is 15.7 Å². The topological polar surface area (TPSA) is 165 Å². The van der Waals surface area contributed by atoms with E-state index < -0.39 is 50.3 Å². The van der Waals surface area contributed by atoms with Gasteiger partial charge in [0.15, 0.2) is 0 Å². The lowest BCUT2D eigenvalue weighted by Gasteiger charge is -2.35. The summed E-state index contributed by atoms with van der Waals surface area (Å²) in [7, 11) is -4.62.